The zero-order valence-electron chi connectivity index (χ0n) is 17.5. The van der Waals surface area contributed by atoms with Gasteiger partial charge in [0.1, 0.15) is 11.6 Å². The summed E-state index contributed by atoms with van der Waals surface area (Å²) in [5.41, 5.74) is 1.29. The zero-order chi connectivity index (χ0) is 20.2. The van der Waals surface area contributed by atoms with E-state index in [0.29, 0.717) is 5.92 Å². The lowest BCUT2D eigenvalue weighted by Crippen LogP contribution is -2.39. The summed E-state index contributed by atoms with van der Waals surface area (Å²) in [5, 5.41) is 18.0. The molecule has 6 heteroatoms. The standard InChI is InChI=1S/C23H30N6/c1-4-24-23(25-14-18-12-13-22-28-27-17(3)29(22)15-18)26-16(2)20-11-7-9-19-8-5-6-10-21(19)20/h5-11,16,18H,4,12-15H2,1-3H3,(H2,24,25,26). The first-order chi connectivity index (χ1) is 14.2. The third-order valence-electron chi connectivity index (χ3n) is 5.72. The largest absolute Gasteiger partial charge is 0.357 e. The molecule has 1 aliphatic rings. The predicted molar refractivity (Wildman–Crippen MR) is 118 cm³/mol. The summed E-state index contributed by atoms with van der Waals surface area (Å²) < 4.78 is 2.24. The van der Waals surface area contributed by atoms with Crippen molar-refractivity contribution in [3.8, 4) is 0 Å². The van der Waals surface area contributed by atoms with E-state index in [0.717, 1.165) is 50.1 Å². The molecule has 0 saturated heterocycles. The van der Waals surface area contributed by atoms with Gasteiger partial charge in [-0.2, -0.15) is 0 Å². The minimum Gasteiger partial charge on any atom is -0.357 e. The highest BCUT2D eigenvalue weighted by molar-refractivity contribution is 5.87. The summed E-state index contributed by atoms with van der Waals surface area (Å²) in [7, 11) is 0. The van der Waals surface area contributed by atoms with Gasteiger partial charge in [0.05, 0.1) is 6.04 Å². The third kappa shape index (κ3) is 4.26. The molecule has 0 bridgehead atoms. The highest BCUT2D eigenvalue weighted by atomic mass is 15.3. The molecule has 0 aliphatic carbocycles. The van der Waals surface area contributed by atoms with Crippen LogP contribution in [-0.2, 0) is 13.0 Å². The molecule has 6 nitrogen and oxygen atoms in total. The van der Waals surface area contributed by atoms with Gasteiger partial charge in [0, 0.05) is 26.1 Å². The normalized spacial score (nSPS) is 17.8. The van der Waals surface area contributed by atoms with Crippen LogP contribution in [0.4, 0.5) is 0 Å². The number of guanidine groups is 1. The molecule has 2 heterocycles. The van der Waals surface area contributed by atoms with Crippen molar-refractivity contribution in [2.75, 3.05) is 13.1 Å². The predicted octanol–water partition coefficient (Wildman–Crippen LogP) is 3.62. The molecule has 4 rings (SSSR count). The molecule has 2 unspecified atom stereocenters. The lowest BCUT2D eigenvalue weighted by molar-refractivity contribution is 0.369. The molecule has 29 heavy (non-hydrogen) atoms. The first-order valence-electron chi connectivity index (χ1n) is 10.6. The maximum atomic E-state index is 4.91. The molecule has 0 saturated carbocycles. The number of rotatable bonds is 5. The highest BCUT2D eigenvalue weighted by Crippen LogP contribution is 2.24. The van der Waals surface area contributed by atoms with E-state index in [2.05, 4.69) is 81.7 Å². The Morgan fingerprint density at radius 2 is 2.03 bits per heavy atom. The summed E-state index contributed by atoms with van der Waals surface area (Å²) in [6.07, 6.45) is 2.09. The average Bonchev–Trinajstić information content (AvgIpc) is 3.12. The number of fused-ring (bicyclic) bond motifs is 2. The maximum Gasteiger partial charge on any atom is 0.191 e. The molecule has 0 fully saturated rings. The molecule has 2 aromatic carbocycles. The fourth-order valence-corrected chi connectivity index (χ4v) is 4.13. The lowest BCUT2D eigenvalue weighted by atomic mass is 9.99. The van der Waals surface area contributed by atoms with Crippen molar-refractivity contribution in [2.24, 2.45) is 10.9 Å². The first-order valence-corrected chi connectivity index (χ1v) is 10.6. The molecule has 1 aliphatic heterocycles. The Hall–Kier alpha value is -2.89. The Morgan fingerprint density at radius 1 is 1.21 bits per heavy atom. The SMILES string of the molecule is CCNC(=NCC1CCc2nnc(C)n2C1)NC(C)c1cccc2ccccc12. The minimum atomic E-state index is 0.164. The number of hydrogen-bond acceptors (Lipinski definition) is 3. The first kappa shape index (κ1) is 19.4. The summed E-state index contributed by atoms with van der Waals surface area (Å²) in [6.45, 7) is 8.92. The van der Waals surface area contributed by atoms with Crippen molar-refractivity contribution in [1.29, 1.82) is 0 Å². The van der Waals surface area contributed by atoms with Crippen LogP contribution in [0.3, 0.4) is 0 Å². The average molecular weight is 391 g/mol. The molecule has 0 radical (unpaired) electrons. The molecule has 2 N–H and O–H groups in total. The van der Waals surface area contributed by atoms with Crippen LogP contribution in [0.5, 0.6) is 0 Å². The lowest BCUT2D eigenvalue weighted by Gasteiger charge is -2.24. The number of benzene rings is 2. The van der Waals surface area contributed by atoms with E-state index in [4.69, 9.17) is 4.99 Å². The van der Waals surface area contributed by atoms with Crippen molar-refractivity contribution in [2.45, 2.75) is 46.2 Å². The van der Waals surface area contributed by atoms with Crippen molar-refractivity contribution in [3.63, 3.8) is 0 Å². The molecule has 152 valence electrons. The van der Waals surface area contributed by atoms with Gasteiger partial charge >= 0.3 is 0 Å². The fourth-order valence-electron chi connectivity index (χ4n) is 4.13. The van der Waals surface area contributed by atoms with E-state index in [1.807, 2.05) is 6.92 Å². The molecule has 0 spiro atoms. The summed E-state index contributed by atoms with van der Waals surface area (Å²) >= 11 is 0. The Labute approximate surface area is 172 Å². The zero-order valence-corrected chi connectivity index (χ0v) is 17.5. The monoisotopic (exact) mass is 390 g/mol. The number of aromatic nitrogens is 3. The van der Waals surface area contributed by atoms with E-state index >= 15 is 0 Å². The second kappa shape index (κ2) is 8.64. The fraction of sp³-hybridized carbons (Fsp3) is 0.435. The van der Waals surface area contributed by atoms with E-state index in [1.54, 1.807) is 0 Å². The van der Waals surface area contributed by atoms with Crippen molar-refractivity contribution >= 4 is 16.7 Å². The van der Waals surface area contributed by atoms with E-state index < -0.39 is 0 Å². The second-order valence-corrected chi connectivity index (χ2v) is 7.83. The van der Waals surface area contributed by atoms with Crippen LogP contribution in [0.1, 0.15) is 43.5 Å². The van der Waals surface area contributed by atoms with E-state index in [1.165, 1.54) is 16.3 Å². The number of nitrogens with zero attached hydrogens (tertiary/aromatic N) is 4. The third-order valence-corrected chi connectivity index (χ3v) is 5.72. The minimum absolute atomic E-state index is 0.164. The maximum absolute atomic E-state index is 4.91. The van der Waals surface area contributed by atoms with Crippen LogP contribution < -0.4 is 10.6 Å². The van der Waals surface area contributed by atoms with Gasteiger partial charge in [-0.1, -0.05) is 42.5 Å². The van der Waals surface area contributed by atoms with Crippen molar-refractivity contribution < 1.29 is 0 Å². The number of nitrogens with one attached hydrogen (secondary N) is 2. The smallest absolute Gasteiger partial charge is 0.191 e. The Balaban J connectivity index is 1.47. The molecule has 2 atom stereocenters. The Morgan fingerprint density at radius 3 is 2.90 bits per heavy atom. The van der Waals surface area contributed by atoms with Crippen molar-refractivity contribution in [1.82, 2.24) is 25.4 Å². The molecular formula is C23H30N6. The molecule has 3 aromatic rings. The Bertz CT molecular complexity index is 1000. The Kier molecular flexibility index (Phi) is 5.79. The summed E-state index contributed by atoms with van der Waals surface area (Å²) in [6, 6.07) is 15.2. The quantitative estimate of drug-likeness (QED) is 0.516. The molecule has 0 amide bonds. The van der Waals surface area contributed by atoms with Crippen LogP contribution in [-0.4, -0.2) is 33.8 Å². The van der Waals surface area contributed by atoms with Gasteiger partial charge in [-0.15, -0.1) is 10.2 Å². The highest BCUT2D eigenvalue weighted by Gasteiger charge is 2.21. The topological polar surface area (TPSA) is 67.1 Å². The number of aryl methyl sites for hydroxylation is 2. The molecular weight excluding hydrogens is 360 g/mol. The van der Waals surface area contributed by atoms with Gasteiger partial charge in [0.2, 0.25) is 0 Å². The van der Waals surface area contributed by atoms with Gasteiger partial charge in [-0.05, 0) is 49.4 Å². The van der Waals surface area contributed by atoms with E-state index in [9.17, 15) is 0 Å². The van der Waals surface area contributed by atoms with Crippen LogP contribution in [0.15, 0.2) is 47.5 Å². The second-order valence-electron chi connectivity index (χ2n) is 7.83. The number of aliphatic imine (C=N–C) groups is 1. The van der Waals surface area contributed by atoms with Gasteiger partial charge in [-0.25, -0.2) is 0 Å². The van der Waals surface area contributed by atoms with Crippen LogP contribution in [0.25, 0.3) is 10.8 Å². The number of hydrogen-bond donors (Lipinski definition) is 2. The van der Waals surface area contributed by atoms with Gasteiger partial charge in [-0.3, -0.25) is 4.99 Å². The van der Waals surface area contributed by atoms with E-state index in [-0.39, 0.29) is 6.04 Å². The van der Waals surface area contributed by atoms with Crippen LogP contribution in [0.2, 0.25) is 0 Å². The van der Waals surface area contributed by atoms with Gasteiger partial charge < -0.3 is 15.2 Å². The van der Waals surface area contributed by atoms with Gasteiger partial charge in [0.25, 0.3) is 0 Å². The summed E-state index contributed by atoms with van der Waals surface area (Å²) in [5.74, 6) is 3.50. The van der Waals surface area contributed by atoms with Crippen LogP contribution in [0, 0.1) is 12.8 Å². The molecule has 1 aromatic heterocycles. The van der Waals surface area contributed by atoms with Crippen molar-refractivity contribution in [3.05, 3.63) is 59.7 Å². The van der Waals surface area contributed by atoms with Gasteiger partial charge in [0.15, 0.2) is 5.96 Å². The summed E-state index contributed by atoms with van der Waals surface area (Å²) in [4.78, 5) is 4.91. The van der Waals surface area contributed by atoms with Crippen LogP contribution >= 0.6 is 0 Å².